The quantitative estimate of drug-likeness (QED) is 0.615. The fraction of sp³-hybridized carbons (Fsp3) is 0.632. The number of hydrogen-bond acceptors (Lipinski definition) is 4. The monoisotopic (exact) mass is 412 g/mol. The summed E-state index contributed by atoms with van der Waals surface area (Å²) in [6.45, 7) is 10.3. The fourth-order valence-electron chi connectivity index (χ4n) is 3.39. The van der Waals surface area contributed by atoms with Gasteiger partial charge in [0.05, 0.1) is 18.7 Å². The summed E-state index contributed by atoms with van der Waals surface area (Å²) in [7, 11) is 3.20. The van der Waals surface area contributed by atoms with E-state index < -0.39 is 0 Å². The van der Waals surface area contributed by atoms with Crippen LogP contribution in [0.1, 0.15) is 49.5 Å². The van der Waals surface area contributed by atoms with Gasteiger partial charge in [-0.3, -0.25) is 4.79 Å². The summed E-state index contributed by atoms with van der Waals surface area (Å²) < 4.78 is 11.6. The largest absolute Gasteiger partial charge is 0.493 e. The lowest BCUT2D eigenvalue weighted by Crippen LogP contribution is -2.34. The smallest absolute Gasteiger partial charge is 0.254 e. The molecule has 0 spiro atoms. The highest BCUT2D eigenvalue weighted by Gasteiger charge is 2.34. The van der Waals surface area contributed by atoms with Crippen LogP contribution < -0.4 is 9.47 Å². The van der Waals surface area contributed by atoms with Crippen LogP contribution in [0.2, 0.25) is 0 Å². The Morgan fingerprint density at radius 1 is 1.28 bits per heavy atom. The number of carbonyl (C=O) groups excluding carboxylic acids is 1. The van der Waals surface area contributed by atoms with Gasteiger partial charge in [0.2, 0.25) is 0 Å². The summed E-state index contributed by atoms with van der Waals surface area (Å²) in [6.07, 6.45) is 2.10. The van der Waals surface area contributed by atoms with Gasteiger partial charge in [0.1, 0.15) is 0 Å². The molecule has 0 radical (unpaired) electrons. The maximum Gasteiger partial charge on any atom is 0.254 e. The molecule has 1 atom stereocenters. The molecule has 1 amide bonds. The Balaban J connectivity index is 2.10. The number of benzene rings is 1. The third-order valence-electron chi connectivity index (χ3n) is 5.06. The van der Waals surface area contributed by atoms with Crippen molar-refractivity contribution in [2.75, 3.05) is 33.9 Å². The van der Waals surface area contributed by atoms with Gasteiger partial charge in [0, 0.05) is 23.7 Å². The van der Waals surface area contributed by atoms with E-state index in [1.54, 1.807) is 20.3 Å². The molecule has 1 aliphatic rings. The van der Waals surface area contributed by atoms with Crippen molar-refractivity contribution in [1.29, 1.82) is 0 Å². The van der Waals surface area contributed by atoms with Crippen LogP contribution in [0.4, 0.5) is 0 Å². The highest BCUT2D eigenvalue weighted by Crippen LogP contribution is 2.43. The van der Waals surface area contributed by atoms with E-state index in [1.807, 2.05) is 4.90 Å². The SMILES string of the molecule is CCN(CC)CCCC(C)N1Cc2c(cc(OC)c(OC)c2Br)C1=O. The molecule has 1 aromatic carbocycles. The first kappa shape index (κ1) is 20.0. The van der Waals surface area contributed by atoms with Crippen LogP contribution in [0.3, 0.4) is 0 Å². The normalized spacial score (nSPS) is 14.8. The summed E-state index contributed by atoms with van der Waals surface area (Å²) >= 11 is 3.59. The zero-order valence-corrected chi connectivity index (χ0v) is 17.5. The average molecular weight is 413 g/mol. The predicted octanol–water partition coefficient (Wildman–Crippen LogP) is 3.93. The van der Waals surface area contributed by atoms with Gasteiger partial charge in [0.25, 0.3) is 5.91 Å². The third kappa shape index (κ3) is 4.11. The molecule has 0 fully saturated rings. The number of carbonyl (C=O) groups is 1. The number of ether oxygens (including phenoxy) is 2. The summed E-state index contributed by atoms with van der Waals surface area (Å²) in [4.78, 5) is 17.2. The first-order chi connectivity index (χ1) is 12.0. The third-order valence-corrected chi connectivity index (χ3v) is 5.89. The first-order valence-corrected chi connectivity index (χ1v) is 9.74. The second-order valence-electron chi connectivity index (χ2n) is 6.40. The van der Waals surface area contributed by atoms with Crippen molar-refractivity contribution in [3.05, 3.63) is 21.7 Å². The van der Waals surface area contributed by atoms with E-state index in [0.717, 1.165) is 42.5 Å². The zero-order valence-electron chi connectivity index (χ0n) is 15.9. The van der Waals surface area contributed by atoms with Crippen molar-refractivity contribution in [3.63, 3.8) is 0 Å². The number of halogens is 1. The standard InChI is InChI=1S/C19H29BrN2O3/c1-6-21(7-2)10-8-9-13(3)22-12-15-14(19(22)23)11-16(24-4)18(25-5)17(15)20/h11,13H,6-10,12H2,1-5H3. The molecule has 0 saturated carbocycles. The van der Waals surface area contributed by atoms with Crippen LogP contribution in [-0.2, 0) is 6.54 Å². The van der Waals surface area contributed by atoms with Crippen LogP contribution in [-0.4, -0.2) is 55.6 Å². The maximum absolute atomic E-state index is 12.9. The summed E-state index contributed by atoms with van der Waals surface area (Å²) in [5, 5.41) is 0. The minimum Gasteiger partial charge on any atom is -0.493 e. The number of rotatable bonds is 9. The molecule has 0 aromatic heterocycles. The Kier molecular flexibility index (Phi) is 7.14. The molecule has 2 rings (SSSR count). The van der Waals surface area contributed by atoms with Crippen LogP contribution in [0.5, 0.6) is 11.5 Å². The van der Waals surface area contributed by atoms with Crippen molar-refractivity contribution < 1.29 is 14.3 Å². The molecule has 0 N–H and O–H groups in total. The second kappa shape index (κ2) is 8.90. The lowest BCUT2D eigenvalue weighted by Gasteiger charge is -2.25. The van der Waals surface area contributed by atoms with Gasteiger partial charge >= 0.3 is 0 Å². The van der Waals surface area contributed by atoms with Gasteiger partial charge in [-0.25, -0.2) is 0 Å². The molecule has 6 heteroatoms. The molecular formula is C19H29BrN2O3. The summed E-state index contributed by atoms with van der Waals surface area (Å²) in [6, 6.07) is 2.00. The van der Waals surface area contributed by atoms with Crippen LogP contribution in [0.15, 0.2) is 10.5 Å². The Labute approximate surface area is 159 Å². The fourth-order valence-corrected chi connectivity index (χ4v) is 4.09. The molecule has 0 saturated heterocycles. The average Bonchev–Trinajstić information content (AvgIpc) is 2.95. The number of nitrogens with zero attached hydrogens (tertiary/aromatic N) is 2. The predicted molar refractivity (Wildman–Crippen MR) is 104 cm³/mol. The molecule has 140 valence electrons. The molecule has 1 aromatic rings. The number of methoxy groups -OCH3 is 2. The van der Waals surface area contributed by atoms with Crippen LogP contribution >= 0.6 is 15.9 Å². The molecule has 0 aliphatic carbocycles. The number of fused-ring (bicyclic) bond motifs is 1. The highest BCUT2D eigenvalue weighted by molar-refractivity contribution is 9.10. The van der Waals surface area contributed by atoms with Crippen LogP contribution in [0, 0.1) is 0 Å². The van der Waals surface area contributed by atoms with Crippen molar-refractivity contribution in [2.24, 2.45) is 0 Å². The van der Waals surface area contributed by atoms with E-state index in [2.05, 4.69) is 41.6 Å². The van der Waals surface area contributed by atoms with Crippen molar-refractivity contribution in [2.45, 2.75) is 46.2 Å². The minimum atomic E-state index is 0.0759. The molecule has 1 heterocycles. The van der Waals surface area contributed by atoms with Gasteiger partial charge in [0.15, 0.2) is 11.5 Å². The Hall–Kier alpha value is -1.27. The Morgan fingerprint density at radius 2 is 1.96 bits per heavy atom. The Morgan fingerprint density at radius 3 is 2.52 bits per heavy atom. The summed E-state index contributed by atoms with van der Waals surface area (Å²) in [5.41, 5.74) is 1.69. The molecular weight excluding hydrogens is 384 g/mol. The molecule has 5 nitrogen and oxygen atoms in total. The molecule has 0 bridgehead atoms. The van der Waals surface area contributed by atoms with E-state index in [0.29, 0.717) is 23.6 Å². The summed E-state index contributed by atoms with van der Waals surface area (Å²) in [5.74, 6) is 1.30. The molecule has 1 unspecified atom stereocenters. The lowest BCUT2D eigenvalue weighted by atomic mass is 10.1. The van der Waals surface area contributed by atoms with Gasteiger partial charge < -0.3 is 19.3 Å². The highest BCUT2D eigenvalue weighted by atomic mass is 79.9. The first-order valence-electron chi connectivity index (χ1n) is 8.95. The van der Waals surface area contributed by atoms with Gasteiger partial charge in [-0.15, -0.1) is 0 Å². The van der Waals surface area contributed by atoms with Gasteiger partial charge in [-0.05, 0) is 61.4 Å². The lowest BCUT2D eigenvalue weighted by molar-refractivity contribution is 0.0704. The topological polar surface area (TPSA) is 42.0 Å². The van der Waals surface area contributed by atoms with Crippen molar-refractivity contribution in [1.82, 2.24) is 9.80 Å². The number of amides is 1. The van der Waals surface area contributed by atoms with Crippen molar-refractivity contribution in [3.8, 4) is 11.5 Å². The second-order valence-corrected chi connectivity index (χ2v) is 7.20. The minimum absolute atomic E-state index is 0.0759. The van der Waals surface area contributed by atoms with Gasteiger partial charge in [-0.1, -0.05) is 13.8 Å². The Bertz CT molecular complexity index is 617. The molecule has 1 aliphatic heterocycles. The van der Waals surface area contributed by atoms with E-state index in [9.17, 15) is 4.79 Å². The van der Waals surface area contributed by atoms with Crippen molar-refractivity contribution >= 4 is 21.8 Å². The number of hydrogen-bond donors (Lipinski definition) is 0. The van der Waals surface area contributed by atoms with Crippen LogP contribution in [0.25, 0.3) is 0 Å². The van der Waals surface area contributed by atoms with E-state index >= 15 is 0 Å². The molecule has 25 heavy (non-hydrogen) atoms. The zero-order chi connectivity index (χ0) is 18.6. The maximum atomic E-state index is 12.9. The van der Waals surface area contributed by atoms with Gasteiger partial charge in [-0.2, -0.15) is 0 Å². The van der Waals surface area contributed by atoms with E-state index in [-0.39, 0.29) is 11.9 Å². The van der Waals surface area contributed by atoms with E-state index in [4.69, 9.17) is 9.47 Å². The van der Waals surface area contributed by atoms with E-state index in [1.165, 1.54) is 0 Å².